The fourth-order valence-corrected chi connectivity index (χ4v) is 9.84. The first kappa shape index (κ1) is 41.4. The molecule has 2 aromatic carbocycles. The Bertz CT molecular complexity index is 1870. The van der Waals surface area contributed by atoms with Crippen molar-refractivity contribution in [3.05, 3.63) is 65.9 Å². The number of hydrogen-bond acceptors (Lipinski definition) is 8. The normalized spacial score (nSPS) is 21.5. The zero-order chi connectivity index (χ0) is 39.9. The van der Waals surface area contributed by atoms with Crippen LogP contribution in [0.3, 0.4) is 0 Å². The minimum atomic E-state index is -2.07. The predicted octanol–water partition coefficient (Wildman–Crippen LogP) is 8.98. The van der Waals surface area contributed by atoms with E-state index in [4.69, 9.17) is 23.6 Å². The first-order valence-electron chi connectivity index (χ1n) is 20.5. The lowest BCUT2D eigenvalue weighted by molar-refractivity contribution is -0.126. The van der Waals surface area contributed by atoms with E-state index in [9.17, 15) is 4.79 Å². The molecule has 11 heteroatoms. The average Bonchev–Trinajstić information content (AvgIpc) is 3.54. The van der Waals surface area contributed by atoms with E-state index in [2.05, 4.69) is 128 Å². The molecule has 3 heterocycles. The van der Waals surface area contributed by atoms with E-state index in [-0.39, 0.29) is 27.9 Å². The van der Waals surface area contributed by atoms with Gasteiger partial charge in [0.25, 0.3) is 0 Å². The van der Waals surface area contributed by atoms with Gasteiger partial charge in [-0.2, -0.15) is 9.97 Å². The Morgan fingerprint density at radius 1 is 0.927 bits per heavy atom. The molecule has 2 fully saturated rings. The van der Waals surface area contributed by atoms with E-state index in [0.29, 0.717) is 44.9 Å². The third kappa shape index (κ3) is 9.00. The number of rotatable bonds is 11. The summed E-state index contributed by atoms with van der Waals surface area (Å²) in [6.45, 7) is 30.7. The van der Waals surface area contributed by atoms with Crippen LogP contribution in [0.15, 0.2) is 49.1 Å². The average molecular weight is 786 g/mol. The van der Waals surface area contributed by atoms with Gasteiger partial charge in [0.05, 0.1) is 18.3 Å². The van der Waals surface area contributed by atoms with Gasteiger partial charge in [0.15, 0.2) is 8.32 Å². The number of likely N-dealkylation sites (tertiary alicyclic amines) is 1. The Balaban J connectivity index is 1.39. The largest absolute Gasteiger partial charge is 0.543 e. The van der Waals surface area contributed by atoms with Gasteiger partial charge in [-0.15, -0.1) is 0 Å². The minimum absolute atomic E-state index is 0.0405. The van der Waals surface area contributed by atoms with Crippen molar-refractivity contribution in [3.63, 3.8) is 0 Å². The first-order chi connectivity index (χ1) is 25.8. The van der Waals surface area contributed by atoms with Crippen molar-refractivity contribution in [1.29, 1.82) is 0 Å². The first-order valence-corrected chi connectivity index (χ1v) is 26.4. The number of fused-ring (bicyclic) bond motifs is 2. The number of nitrogens with zero attached hydrogens (tertiary/aromatic N) is 5. The Morgan fingerprint density at radius 3 is 2.33 bits per heavy atom. The molecule has 300 valence electrons. The van der Waals surface area contributed by atoms with E-state index in [0.717, 1.165) is 49.5 Å². The maximum absolute atomic E-state index is 13.0. The molecule has 3 aliphatic rings. The van der Waals surface area contributed by atoms with E-state index in [1.165, 1.54) is 34.4 Å². The van der Waals surface area contributed by atoms with Gasteiger partial charge >= 0.3 is 6.01 Å². The third-order valence-electron chi connectivity index (χ3n) is 13.5. The number of anilines is 1. The molecule has 55 heavy (non-hydrogen) atoms. The summed E-state index contributed by atoms with van der Waals surface area (Å²) in [5.41, 5.74) is 3.58. The smallest absolute Gasteiger partial charge is 0.318 e. The molecule has 6 rings (SSSR count). The number of carbonyl (C=O) groups is 1. The number of piperazine rings is 1. The van der Waals surface area contributed by atoms with E-state index >= 15 is 0 Å². The van der Waals surface area contributed by atoms with Crippen LogP contribution < -0.4 is 14.1 Å². The molecule has 1 unspecified atom stereocenters. The van der Waals surface area contributed by atoms with Crippen molar-refractivity contribution in [3.8, 4) is 11.8 Å². The number of aromatic nitrogens is 2. The van der Waals surface area contributed by atoms with Gasteiger partial charge in [-0.25, -0.2) is 0 Å². The number of carbonyl (C=O) groups excluding carboxylic acids is 1. The van der Waals surface area contributed by atoms with Crippen LogP contribution >= 0.6 is 0 Å². The van der Waals surface area contributed by atoms with Gasteiger partial charge in [0.2, 0.25) is 14.2 Å². The second kappa shape index (κ2) is 15.9. The highest BCUT2D eigenvalue weighted by atomic mass is 28.4. The highest BCUT2D eigenvalue weighted by Gasteiger charge is 2.41. The molecule has 1 amide bonds. The van der Waals surface area contributed by atoms with Gasteiger partial charge in [0, 0.05) is 31.2 Å². The third-order valence-corrected chi connectivity index (χ3v) is 22.3. The van der Waals surface area contributed by atoms with Crippen LogP contribution in [-0.4, -0.2) is 101 Å². The van der Waals surface area contributed by atoms with Crippen LogP contribution in [0.1, 0.15) is 83.5 Å². The van der Waals surface area contributed by atoms with Crippen molar-refractivity contribution in [2.45, 2.75) is 128 Å². The second-order valence-corrected chi connectivity index (χ2v) is 28.8. The molecule has 0 radical (unpaired) electrons. The fraction of sp³-hybridized carbons (Fsp3) is 0.614. The highest BCUT2D eigenvalue weighted by molar-refractivity contribution is 6.75. The summed E-state index contributed by atoms with van der Waals surface area (Å²) in [6, 6.07) is 14.0. The van der Waals surface area contributed by atoms with Crippen molar-refractivity contribution >= 4 is 39.1 Å². The van der Waals surface area contributed by atoms with Crippen LogP contribution in [-0.2, 0) is 22.1 Å². The van der Waals surface area contributed by atoms with Crippen LogP contribution in [0.4, 0.5) is 5.82 Å². The van der Waals surface area contributed by atoms with E-state index < -0.39 is 16.6 Å². The van der Waals surface area contributed by atoms with Gasteiger partial charge < -0.3 is 28.3 Å². The summed E-state index contributed by atoms with van der Waals surface area (Å²) in [4.78, 5) is 30.1. The number of amides is 1. The van der Waals surface area contributed by atoms with Crippen LogP contribution in [0.5, 0.6) is 11.8 Å². The summed E-state index contributed by atoms with van der Waals surface area (Å²) < 4.78 is 20.3. The van der Waals surface area contributed by atoms with Gasteiger partial charge in [0.1, 0.15) is 18.2 Å². The second-order valence-electron chi connectivity index (χ2n) is 19.3. The molecular formula is C44H67N5O4Si2. The van der Waals surface area contributed by atoms with E-state index in [1.807, 2.05) is 4.90 Å². The molecule has 2 aliphatic heterocycles. The Labute approximate surface area is 333 Å². The van der Waals surface area contributed by atoms with Gasteiger partial charge in [-0.1, -0.05) is 72.4 Å². The Hall–Kier alpha value is -3.26. The summed E-state index contributed by atoms with van der Waals surface area (Å²) in [6.07, 6.45) is 6.34. The molecule has 1 aromatic heterocycles. The molecule has 9 nitrogen and oxygen atoms in total. The molecule has 0 bridgehead atoms. The maximum Gasteiger partial charge on any atom is 0.318 e. The Morgan fingerprint density at radius 2 is 1.65 bits per heavy atom. The van der Waals surface area contributed by atoms with Crippen molar-refractivity contribution in [1.82, 2.24) is 19.8 Å². The molecule has 2 saturated heterocycles. The Kier molecular flexibility index (Phi) is 12.0. The fourth-order valence-electron chi connectivity index (χ4n) is 7.79. The summed E-state index contributed by atoms with van der Waals surface area (Å²) in [5, 5.41) is 2.65. The molecule has 3 aromatic rings. The van der Waals surface area contributed by atoms with Crippen molar-refractivity contribution < 1.29 is 18.4 Å². The zero-order valence-electron chi connectivity index (χ0n) is 35.6. The van der Waals surface area contributed by atoms with Crippen LogP contribution in [0.25, 0.3) is 10.8 Å². The number of hydrogen-bond donors (Lipinski definition) is 0. The lowest BCUT2D eigenvalue weighted by Crippen LogP contribution is -2.58. The van der Waals surface area contributed by atoms with Crippen LogP contribution in [0, 0.1) is 0 Å². The maximum atomic E-state index is 13.0. The monoisotopic (exact) mass is 785 g/mol. The van der Waals surface area contributed by atoms with Gasteiger partial charge in [-0.3, -0.25) is 4.79 Å². The molecule has 0 saturated carbocycles. The molecular weight excluding hydrogens is 719 g/mol. The highest BCUT2D eigenvalue weighted by Crippen LogP contribution is 2.44. The van der Waals surface area contributed by atoms with Crippen LogP contribution in [0.2, 0.25) is 36.3 Å². The molecule has 1 aliphatic carbocycles. The van der Waals surface area contributed by atoms with E-state index in [1.54, 1.807) is 0 Å². The number of benzene rings is 2. The summed E-state index contributed by atoms with van der Waals surface area (Å²) in [7, 11) is -1.95. The minimum Gasteiger partial charge on any atom is -0.543 e. The SMILES string of the molecule is C=CC(=O)N1CCN(c2nc(OC[C@@H]3CCCN3C)nc3c2CCC(c2cc(O[Si](C)(C)C(C)(C)C)cc4ccccc24)C3)[C@@H](CO[Si](C)(C)C(C)(C)C)C1. The lowest BCUT2D eigenvalue weighted by atomic mass is 9.80. The topological polar surface area (TPSA) is 80.3 Å². The number of likely N-dealkylation sites (N-methyl/N-ethyl adjacent to an activating group) is 1. The summed E-state index contributed by atoms with van der Waals surface area (Å²) >= 11 is 0. The quantitative estimate of drug-likeness (QED) is 0.141. The standard InChI is InChI=1S/C44H67N5O4Si2/c1-13-40(50)48-23-24-49(34(28-48)30-52-54(9,10)43(2,3)4)41-37-21-20-32(26-39(37)45-42(46-41)51-29-33-18-16-22-47(33)8)38-27-35(53-55(11,12)44(5,6)7)25-31-17-14-15-19-36(31)38/h13-15,17,19,25,27,32-34H,1,16,18,20-24,26,28-30H2,2-12H3/t32?,33-,34+/m0/s1. The molecule has 0 spiro atoms. The van der Waals surface area contributed by atoms with Crippen molar-refractivity contribution in [2.24, 2.45) is 0 Å². The number of ether oxygens (including phenoxy) is 1. The molecule has 0 N–H and O–H groups in total. The van der Waals surface area contributed by atoms with Crippen molar-refractivity contribution in [2.75, 3.05) is 51.3 Å². The molecule has 3 atom stereocenters. The van der Waals surface area contributed by atoms with Gasteiger partial charge in [-0.05, 0) is 122 Å². The predicted molar refractivity (Wildman–Crippen MR) is 231 cm³/mol. The zero-order valence-corrected chi connectivity index (χ0v) is 37.6. The lowest BCUT2D eigenvalue weighted by Gasteiger charge is -2.45. The summed E-state index contributed by atoms with van der Waals surface area (Å²) in [5.74, 6) is 2.13.